The third kappa shape index (κ3) is 3.13. The summed E-state index contributed by atoms with van der Waals surface area (Å²) in [5, 5.41) is 0. The highest BCUT2D eigenvalue weighted by Gasteiger charge is 2.39. The van der Waals surface area contributed by atoms with E-state index in [1.165, 1.54) is 11.1 Å². The van der Waals surface area contributed by atoms with E-state index in [0.717, 1.165) is 25.9 Å². The van der Waals surface area contributed by atoms with Crippen LogP contribution in [0.15, 0.2) is 24.3 Å². The maximum Gasteiger partial charge on any atom is 0.410 e. The van der Waals surface area contributed by atoms with Gasteiger partial charge in [-0.1, -0.05) is 31.2 Å². The number of likely N-dealkylation sites (tertiary alicyclic amines) is 1. The zero-order chi connectivity index (χ0) is 15.9. The molecule has 0 spiro atoms. The molecule has 0 N–H and O–H groups in total. The van der Waals surface area contributed by atoms with Gasteiger partial charge >= 0.3 is 6.09 Å². The highest BCUT2D eigenvalue weighted by molar-refractivity contribution is 5.68. The lowest BCUT2D eigenvalue weighted by Gasteiger charge is -2.41. The smallest absolute Gasteiger partial charge is 0.410 e. The van der Waals surface area contributed by atoms with Crippen LogP contribution in [0.25, 0.3) is 0 Å². The molecule has 1 amide bonds. The molecule has 1 saturated heterocycles. The van der Waals surface area contributed by atoms with Crippen molar-refractivity contribution in [2.75, 3.05) is 13.1 Å². The Balaban J connectivity index is 1.79. The zero-order valence-electron chi connectivity index (χ0n) is 14.1. The Kier molecular flexibility index (Phi) is 3.92. The van der Waals surface area contributed by atoms with Crippen molar-refractivity contribution < 1.29 is 9.53 Å². The number of hydrogen-bond acceptors (Lipinski definition) is 2. The molecule has 2 bridgehead atoms. The number of rotatable bonds is 0. The van der Waals surface area contributed by atoms with Gasteiger partial charge < -0.3 is 9.64 Å². The number of nitrogens with zero attached hydrogens (tertiary/aromatic N) is 1. The van der Waals surface area contributed by atoms with E-state index in [2.05, 4.69) is 31.2 Å². The molecular weight excluding hydrogens is 274 g/mol. The normalized spacial score (nSPS) is 27.8. The third-order valence-electron chi connectivity index (χ3n) is 5.13. The third-order valence-corrected chi connectivity index (χ3v) is 5.13. The van der Waals surface area contributed by atoms with Crippen molar-refractivity contribution in [3.8, 4) is 0 Å². The van der Waals surface area contributed by atoms with Crippen LogP contribution in [0.2, 0.25) is 0 Å². The average Bonchev–Trinajstić information content (AvgIpc) is 2.50. The van der Waals surface area contributed by atoms with Crippen LogP contribution in [0.1, 0.15) is 38.8 Å². The van der Waals surface area contributed by atoms with Gasteiger partial charge in [0.15, 0.2) is 0 Å². The summed E-state index contributed by atoms with van der Waals surface area (Å²) in [7, 11) is 0. The molecule has 1 aromatic rings. The van der Waals surface area contributed by atoms with Gasteiger partial charge in [0.05, 0.1) is 0 Å². The highest BCUT2D eigenvalue weighted by atomic mass is 16.6. The molecule has 3 nitrogen and oxygen atoms in total. The van der Waals surface area contributed by atoms with Gasteiger partial charge in [-0.15, -0.1) is 0 Å². The standard InChI is InChI=1S/C19H27NO2/c1-13-16-9-14-7-5-6-8-15(14)10-17(13)12-20(11-16)18(21)22-19(2,3)4/h5-8,13,16-17H,9-12H2,1-4H3. The predicted octanol–water partition coefficient (Wildman–Crippen LogP) is 3.90. The van der Waals surface area contributed by atoms with E-state index >= 15 is 0 Å². The van der Waals surface area contributed by atoms with E-state index in [0.29, 0.717) is 17.8 Å². The van der Waals surface area contributed by atoms with Gasteiger partial charge in [0, 0.05) is 13.1 Å². The monoisotopic (exact) mass is 301 g/mol. The molecule has 1 heterocycles. The molecule has 0 aromatic heterocycles. The summed E-state index contributed by atoms with van der Waals surface area (Å²) in [6.45, 7) is 9.79. The van der Waals surface area contributed by atoms with Gasteiger partial charge in [-0.25, -0.2) is 4.79 Å². The van der Waals surface area contributed by atoms with Crippen LogP contribution < -0.4 is 0 Å². The minimum Gasteiger partial charge on any atom is -0.444 e. The van der Waals surface area contributed by atoms with Crippen LogP contribution in [0, 0.1) is 17.8 Å². The van der Waals surface area contributed by atoms with Crippen molar-refractivity contribution >= 4 is 6.09 Å². The van der Waals surface area contributed by atoms with E-state index in [4.69, 9.17) is 4.74 Å². The van der Waals surface area contributed by atoms with Crippen LogP contribution in [0.3, 0.4) is 0 Å². The second-order valence-corrected chi connectivity index (χ2v) is 7.94. The quantitative estimate of drug-likeness (QED) is 0.727. The zero-order valence-corrected chi connectivity index (χ0v) is 14.1. The van der Waals surface area contributed by atoms with Gasteiger partial charge in [0.2, 0.25) is 0 Å². The average molecular weight is 301 g/mol. The molecule has 22 heavy (non-hydrogen) atoms. The van der Waals surface area contributed by atoms with E-state index < -0.39 is 5.60 Å². The highest BCUT2D eigenvalue weighted by Crippen LogP contribution is 2.37. The van der Waals surface area contributed by atoms with Gasteiger partial charge in [-0.05, 0) is 62.5 Å². The summed E-state index contributed by atoms with van der Waals surface area (Å²) in [6.07, 6.45) is 2.00. The van der Waals surface area contributed by atoms with Crippen molar-refractivity contribution in [2.45, 2.75) is 46.1 Å². The van der Waals surface area contributed by atoms with Crippen LogP contribution in [-0.4, -0.2) is 29.7 Å². The summed E-state index contributed by atoms with van der Waals surface area (Å²) < 4.78 is 5.58. The van der Waals surface area contributed by atoms with Crippen LogP contribution in [-0.2, 0) is 17.6 Å². The molecule has 1 aliphatic carbocycles. The number of ether oxygens (including phenoxy) is 1. The first-order valence-corrected chi connectivity index (χ1v) is 8.38. The molecule has 2 aliphatic rings. The van der Waals surface area contributed by atoms with Crippen molar-refractivity contribution in [1.82, 2.24) is 4.90 Å². The largest absolute Gasteiger partial charge is 0.444 e. The van der Waals surface area contributed by atoms with Gasteiger partial charge in [-0.2, -0.15) is 0 Å². The van der Waals surface area contributed by atoms with Crippen molar-refractivity contribution in [3.05, 3.63) is 35.4 Å². The molecule has 0 radical (unpaired) electrons. The van der Waals surface area contributed by atoms with Gasteiger partial charge in [0.1, 0.15) is 5.60 Å². The van der Waals surface area contributed by atoms with Crippen LogP contribution in [0.4, 0.5) is 4.79 Å². The lowest BCUT2D eigenvalue weighted by atomic mass is 9.77. The maximum atomic E-state index is 12.4. The first-order chi connectivity index (χ1) is 10.3. The van der Waals surface area contributed by atoms with E-state index in [1.54, 1.807) is 0 Å². The number of piperidine rings is 1. The van der Waals surface area contributed by atoms with Crippen molar-refractivity contribution in [3.63, 3.8) is 0 Å². The van der Waals surface area contributed by atoms with Gasteiger partial charge in [0.25, 0.3) is 0 Å². The summed E-state index contributed by atoms with van der Waals surface area (Å²) >= 11 is 0. The Morgan fingerprint density at radius 3 is 2.05 bits per heavy atom. The fourth-order valence-corrected chi connectivity index (χ4v) is 3.86. The predicted molar refractivity (Wildman–Crippen MR) is 87.8 cm³/mol. The Morgan fingerprint density at radius 1 is 1.09 bits per heavy atom. The van der Waals surface area contributed by atoms with Crippen LogP contribution >= 0.6 is 0 Å². The Bertz CT molecular complexity index is 526. The van der Waals surface area contributed by atoms with Crippen LogP contribution in [0.5, 0.6) is 0 Å². The number of benzene rings is 1. The first-order valence-electron chi connectivity index (χ1n) is 8.38. The maximum absolute atomic E-state index is 12.4. The lowest BCUT2D eigenvalue weighted by Crippen LogP contribution is -2.49. The Hall–Kier alpha value is -1.51. The molecule has 1 aromatic carbocycles. The fourth-order valence-electron chi connectivity index (χ4n) is 3.86. The SMILES string of the molecule is CC1C2Cc3ccccc3CC1CN(C(=O)OC(C)(C)C)C2. The molecule has 3 rings (SSSR count). The number of carbonyl (C=O) groups excluding carboxylic acids is 1. The molecule has 1 fully saturated rings. The van der Waals surface area contributed by atoms with E-state index in [1.807, 2.05) is 25.7 Å². The number of fused-ring (bicyclic) bond motifs is 3. The molecule has 2 unspecified atom stereocenters. The van der Waals surface area contributed by atoms with E-state index in [9.17, 15) is 4.79 Å². The fraction of sp³-hybridized carbons (Fsp3) is 0.632. The topological polar surface area (TPSA) is 29.5 Å². The molecule has 1 aliphatic heterocycles. The van der Waals surface area contributed by atoms with E-state index in [-0.39, 0.29) is 6.09 Å². The number of amides is 1. The van der Waals surface area contributed by atoms with Crippen molar-refractivity contribution in [1.29, 1.82) is 0 Å². The van der Waals surface area contributed by atoms with Gasteiger partial charge in [-0.3, -0.25) is 0 Å². The Labute approximate surface area is 133 Å². The first kappa shape index (κ1) is 15.4. The Morgan fingerprint density at radius 2 is 1.59 bits per heavy atom. The molecule has 2 atom stereocenters. The molecular formula is C19H27NO2. The summed E-state index contributed by atoms with van der Waals surface area (Å²) in [5.74, 6) is 1.73. The second-order valence-electron chi connectivity index (χ2n) is 7.94. The second kappa shape index (κ2) is 5.60. The molecule has 120 valence electrons. The summed E-state index contributed by atoms with van der Waals surface area (Å²) in [6, 6.07) is 8.76. The number of hydrogen-bond donors (Lipinski definition) is 0. The molecule has 0 saturated carbocycles. The summed E-state index contributed by atoms with van der Waals surface area (Å²) in [4.78, 5) is 14.4. The summed E-state index contributed by atoms with van der Waals surface area (Å²) in [5.41, 5.74) is 2.51. The lowest BCUT2D eigenvalue weighted by molar-refractivity contribution is 0.000686. The minimum atomic E-state index is -0.422. The van der Waals surface area contributed by atoms with Crippen molar-refractivity contribution in [2.24, 2.45) is 17.8 Å². The molecule has 3 heteroatoms. The minimum absolute atomic E-state index is 0.152. The number of carbonyl (C=O) groups is 1.